The van der Waals surface area contributed by atoms with Crippen LogP contribution in [0.25, 0.3) is 0 Å². The Kier molecular flexibility index (Phi) is 4.03. The highest BCUT2D eigenvalue weighted by atomic mass is 16.5. The number of hydrazine groups is 1. The molecule has 2 atom stereocenters. The number of methoxy groups -OCH3 is 1. The van der Waals surface area contributed by atoms with E-state index in [4.69, 9.17) is 15.3 Å². The van der Waals surface area contributed by atoms with Crippen molar-refractivity contribution < 1.29 is 9.47 Å². The summed E-state index contributed by atoms with van der Waals surface area (Å²) in [5.74, 6) is 7.71. The molecule has 0 saturated carbocycles. The summed E-state index contributed by atoms with van der Waals surface area (Å²) >= 11 is 0. The molecule has 0 fully saturated rings. The van der Waals surface area contributed by atoms with E-state index < -0.39 is 0 Å². The van der Waals surface area contributed by atoms with Gasteiger partial charge in [-0.25, -0.2) is 0 Å². The van der Waals surface area contributed by atoms with E-state index in [0.717, 1.165) is 23.5 Å². The van der Waals surface area contributed by atoms with Crippen molar-refractivity contribution in [3.05, 3.63) is 53.9 Å². The molecule has 1 aliphatic heterocycles. The Balaban J connectivity index is 1.84. The summed E-state index contributed by atoms with van der Waals surface area (Å²) in [5, 5.41) is 0. The summed E-state index contributed by atoms with van der Waals surface area (Å²) < 4.78 is 11.1. The summed E-state index contributed by atoms with van der Waals surface area (Å²) in [6.45, 7) is 0.628. The van der Waals surface area contributed by atoms with E-state index in [2.05, 4.69) is 16.5 Å². The van der Waals surface area contributed by atoms with E-state index in [1.165, 1.54) is 5.56 Å². The highest BCUT2D eigenvalue weighted by Crippen LogP contribution is 2.33. The number of pyridine rings is 1. The fraction of sp³-hybridized carbons (Fsp3) is 0.312. The standard InChI is InChI=1S/C16H19N3O2/c1-20-14-7-12(8-18-9-14)16(19-17)13-6-11-4-2-3-5-15(11)21-10-13/h2-5,7-9,13,16,19H,6,10,17H2,1H3. The van der Waals surface area contributed by atoms with Crippen molar-refractivity contribution in [2.24, 2.45) is 11.8 Å². The Hall–Kier alpha value is -2.11. The zero-order valence-corrected chi connectivity index (χ0v) is 12.0. The molecule has 0 spiro atoms. The first kappa shape index (κ1) is 13.9. The molecule has 2 heterocycles. The number of ether oxygens (including phenoxy) is 2. The normalized spacial score (nSPS) is 18.5. The van der Waals surface area contributed by atoms with Crippen molar-refractivity contribution in [3.8, 4) is 11.5 Å². The van der Waals surface area contributed by atoms with Crippen LogP contribution >= 0.6 is 0 Å². The largest absolute Gasteiger partial charge is 0.495 e. The predicted molar refractivity (Wildman–Crippen MR) is 80.0 cm³/mol. The molecular formula is C16H19N3O2. The average molecular weight is 285 g/mol. The molecule has 1 aromatic heterocycles. The third-order valence-electron chi connectivity index (χ3n) is 3.89. The van der Waals surface area contributed by atoms with Gasteiger partial charge in [-0.3, -0.25) is 16.3 Å². The zero-order chi connectivity index (χ0) is 14.7. The molecule has 1 aromatic carbocycles. The first-order valence-electron chi connectivity index (χ1n) is 6.97. The average Bonchev–Trinajstić information content (AvgIpc) is 2.56. The molecule has 3 N–H and O–H groups in total. The van der Waals surface area contributed by atoms with Crippen molar-refractivity contribution in [1.82, 2.24) is 10.4 Å². The molecular weight excluding hydrogens is 266 g/mol. The van der Waals surface area contributed by atoms with Gasteiger partial charge in [-0.05, 0) is 29.7 Å². The first-order chi connectivity index (χ1) is 10.3. The molecule has 3 rings (SSSR count). The summed E-state index contributed by atoms with van der Waals surface area (Å²) in [4.78, 5) is 4.20. The van der Waals surface area contributed by atoms with Gasteiger partial charge in [-0.2, -0.15) is 0 Å². The van der Waals surface area contributed by atoms with Gasteiger partial charge in [0, 0.05) is 12.1 Å². The lowest BCUT2D eigenvalue weighted by molar-refractivity contribution is 0.184. The van der Waals surface area contributed by atoms with Crippen LogP contribution in [0.3, 0.4) is 0 Å². The lowest BCUT2D eigenvalue weighted by Crippen LogP contribution is -2.38. The quantitative estimate of drug-likeness (QED) is 0.662. The van der Waals surface area contributed by atoms with Crippen molar-refractivity contribution in [2.45, 2.75) is 12.5 Å². The van der Waals surface area contributed by atoms with Crippen LogP contribution in [-0.4, -0.2) is 18.7 Å². The van der Waals surface area contributed by atoms with E-state index in [-0.39, 0.29) is 12.0 Å². The smallest absolute Gasteiger partial charge is 0.137 e. The maximum absolute atomic E-state index is 5.85. The van der Waals surface area contributed by atoms with Gasteiger partial charge < -0.3 is 9.47 Å². The van der Waals surface area contributed by atoms with Gasteiger partial charge in [0.2, 0.25) is 0 Å². The predicted octanol–water partition coefficient (Wildman–Crippen LogP) is 1.85. The topological polar surface area (TPSA) is 69.4 Å². The van der Waals surface area contributed by atoms with Gasteiger partial charge in [-0.1, -0.05) is 18.2 Å². The lowest BCUT2D eigenvalue weighted by atomic mass is 9.87. The van der Waals surface area contributed by atoms with Crippen LogP contribution in [-0.2, 0) is 6.42 Å². The van der Waals surface area contributed by atoms with Gasteiger partial charge in [-0.15, -0.1) is 0 Å². The van der Waals surface area contributed by atoms with Crippen LogP contribution in [0.4, 0.5) is 0 Å². The minimum atomic E-state index is -0.0269. The number of benzene rings is 1. The van der Waals surface area contributed by atoms with E-state index in [9.17, 15) is 0 Å². The van der Waals surface area contributed by atoms with Crippen LogP contribution in [0.2, 0.25) is 0 Å². The maximum atomic E-state index is 5.85. The van der Waals surface area contributed by atoms with Gasteiger partial charge in [0.15, 0.2) is 0 Å². The molecule has 110 valence electrons. The van der Waals surface area contributed by atoms with E-state index in [1.807, 2.05) is 30.5 Å². The number of hydrogen-bond donors (Lipinski definition) is 2. The summed E-state index contributed by atoms with van der Waals surface area (Å²) in [6.07, 6.45) is 4.42. The number of para-hydroxylation sites is 1. The second-order valence-corrected chi connectivity index (χ2v) is 5.19. The monoisotopic (exact) mass is 285 g/mol. The number of nitrogens with zero attached hydrogens (tertiary/aromatic N) is 1. The highest BCUT2D eigenvalue weighted by molar-refractivity contribution is 5.36. The SMILES string of the molecule is COc1cncc(C(NN)C2COc3ccccc3C2)c1. The Bertz CT molecular complexity index is 618. The fourth-order valence-electron chi connectivity index (χ4n) is 2.79. The van der Waals surface area contributed by atoms with Gasteiger partial charge >= 0.3 is 0 Å². The van der Waals surface area contributed by atoms with E-state index in [0.29, 0.717) is 6.61 Å². The van der Waals surface area contributed by atoms with Crippen LogP contribution in [0.15, 0.2) is 42.7 Å². The summed E-state index contributed by atoms with van der Waals surface area (Å²) in [5.41, 5.74) is 5.11. The van der Waals surface area contributed by atoms with Crippen molar-refractivity contribution in [1.29, 1.82) is 0 Å². The molecule has 5 heteroatoms. The fourth-order valence-corrected chi connectivity index (χ4v) is 2.79. The van der Waals surface area contributed by atoms with Crippen LogP contribution < -0.4 is 20.7 Å². The number of fused-ring (bicyclic) bond motifs is 1. The molecule has 5 nitrogen and oxygen atoms in total. The van der Waals surface area contributed by atoms with Crippen molar-refractivity contribution >= 4 is 0 Å². The Labute approximate surface area is 124 Å². The molecule has 0 aliphatic carbocycles. The maximum Gasteiger partial charge on any atom is 0.137 e. The number of aromatic nitrogens is 1. The number of nitrogens with one attached hydrogen (secondary N) is 1. The number of nitrogens with two attached hydrogens (primary N) is 1. The molecule has 0 bridgehead atoms. The lowest BCUT2D eigenvalue weighted by Gasteiger charge is -2.31. The molecule has 0 amide bonds. The zero-order valence-electron chi connectivity index (χ0n) is 12.0. The van der Waals surface area contributed by atoms with Gasteiger partial charge in [0.1, 0.15) is 11.5 Å². The van der Waals surface area contributed by atoms with E-state index in [1.54, 1.807) is 13.3 Å². The second kappa shape index (κ2) is 6.11. The molecule has 0 saturated heterocycles. The summed E-state index contributed by atoms with van der Waals surface area (Å²) in [7, 11) is 1.63. The highest BCUT2D eigenvalue weighted by Gasteiger charge is 2.28. The van der Waals surface area contributed by atoms with Crippen molar-refractivity contribution in [3.63, 3.8) is 0 Å². The number of rotatable bonds is 4. The third-order valence-corrected chi connectivity index (χ3v) is 3.89. The minimum absolute atomic E-state index is 0.0269. The molecule has 21 heavy (non-hydrogen) atoms. The second-order valence-electron chi connectivity index (χ2n) is 5.19. The first-order valence-corrected chi connectivity index (χ1v) is 6.97. The Morgan fingerprint density at radius 2 is 2.24 bits per heavy atom. The van der Waals surface area contributed by atoms with E-state index >= 15 is 0 Å². The minimum Gasteiger partial charge on any atom is -0.495 e. The molecule has 2 unspecified atom stereocenters. The van der Waals surface area contributed by atoms with Crippen LogP contribution in [0.5, 0.6) is 11.5 Å². The molecule has 2 aromatic rings. The Morgan fingerprint density at radius 1 is 1.38 bits per heavy atom. The molecule has 1 aliphatic rings. The van der Waals surface area contributed by atoms with Crippen LogP contribution in [0, 0.1) is 5.92 Å². The third kappa shape index (κ3) is 2.84. The number of hydrogen-bond acceptors (Lipinski definition) is 5. The molecule has 0 radical (unpaired) electrons. The van der Waals surface area contributed by atoms with Gasteiger partial charge in [0.25, 0.3) is 0 Å². The Morgan fingerprint density at radius 3 is 3.05 bits per heavy atom. The van der Waals surface area contributed by atoms with Crippen molar-refractivity contribution in [2.75, 3.05) is 13.7 Å². The van der Waals surface area contributed by atoms with Gasteiger partial charge in [0.05, 0.1) is 26.0 Å². The van der Waals surface area contributed by atoms with Crippen LogP contribution in [0.1, 0.15) is 17.2 Å². The summed E-state index contributed by atoms with van der Waals surface area (Å²) in [6, 6.07) is 10.0.